The maximum Gasteiger partial charge on any atom is 0.218 e. The van der Waals surface area contributed by atoms with Crippen LogP contribution < -0.4 is 15.4 Å². The molecule has 0 amide bonds. The predicted octanol–water partition coefficient (Wildman–Crippen LogP) is 2.90. The highest BCUT2D eigenvalue weighted by Gasteiger charge is 2.13. The van der Waals surface area contributed by atoms with Gasteiger partial charge in [0.05, 0.1) is 19.3 Å². The van der Waals surface area contributed by atoms with Crippen molar-refractivity contribution < 1.29 is 14.2 Å². The van der Waals surface area contributed by atoms with Gasteiger partial charge in [-0.25, -0.2) is 9.98 Å². The molecule has 0 unspecified atom stereocenters. The van der Waals surface area contributed by atoms with Gasteiger partial charge < -0.3 is 24.8 Å². The third kappa shape index (κ3) is 8.89. The summed E-state index contributed by atoms with van der Waals surface area (Å²) in [6.07, 6.45) is 9.59. The molecule has 0 bridgehead atoms. The van der Waals surface area contributed by atoms with Crippen molar-refractivity contribution in [1.82, 2.24) is 15.6 Å². The van der Waals surface area contributed by atoms with Crippen LogP contribution in [0.1, 0.15) is 51.0 Å². The Balaban J connectivity index is 1.75. The van der Waals surface area contributed by atoms with Crippen molar-refractivity contribution in [3.8, 4) is 5.88 Å². The van der Waals surface area contributed by atoms with Gasteiger partial charge in [0.25, 0.3) is 0 Å². The molecule has 1 aliphatic rings. The van der Waals surface area contributed by atoms with Crippen LogP contribution in [-0.4, -0.2) is 57.1 Å². The van der Waals surface area contributed by atoms with Gasteiger partial charge in [-0.05, 0) is 32.3 Å². The molecule has 1 heterocycles. The van der Waals surface area contributed by atoms with Crippen molar-refractivity contribution >= 4 is 5.96 Å². The molecule has 158 valence electrons. The zero-order chi connectivity index (χ0) is 19.9. The molecule has 0 aromatic carbocycles. The first-order valence-corrected chi connectivity index (χ1v) is 10.5. The van der Waals surface area contributed by atoms with E-state index in [1.165, 1.54) is 32.1 Å². The molecule has 1 fully saturated rings. The highest BCUT2D eigenvalue weighted by Crippen LogP contribution is 2.20. The summed E-state index contributed by atoms with van der Waals surface area (Å²) < 4.78 is 16.7. The van der Waals surface area contributed by atoms with E-state index in [0.29, 0.717) is 31.7 Å². The number of nitrogens with zero attached hydrogens (tertiary/aromatic N) is 2. The number of rotatable bonds is 12. The normalized spacial score (nSPS) is 15.4. The van der Waals surface area contributed by atoms with Crippen molar-refractivity contribution in [1.29, 1.82) is 0 Å². The van der Waals surface area contributed by atoms with Crippen molar-refractivity contribution in [2.75, 3.05) is 40.0 Å². The van der Waals surface area contributed by atoms with Crippen LogP contribution in [0.5, 0.6) is 5.88 Å². The fourth-order valence-corrected chi connectivity index (χ4v) is 3.16. The number of aromatic nitrogens is 1. The fraction of sp³-hybridized carbons (Fsp3) is 0.714. The minimum absolute atomic E-state index is 0.470. The summed E-state index contributed by atoms with van der Waals surface area (Å²) in [6, 6.07) is 3.89. The first-order valence-electron chi connectivity index (χ1n) is 10.5. The molecular weight excluding hydrogens is 356 g/mol. The largest absolute Gasteiger partial charge is 0.475 e. The molecule has 7 nitrogen and oxygen atoms in total. The summed E-state index contributed by atoms with van der Waals surface area (Å²) in [4.78, 5) is 8.96. The second kappa shape index (κ2) is 14.2. The number of hydrogen-bond donors (Lipinski definition) is 2. The van der Waals surface area contributed by atoms with Crippen molar-refractivity contribution in [2.45, 2.75) is 58.1 Å². The van der Waals surface area contributed by atoms with Crippen molar-refractivity contribution in [2.24, 2.45) is 4.99 Å². The van der Waals surface area contributed by atoms with Gasteiger partial charge in [-0.1, -0.05) is 25.3 Å². The zero-order valence-corrected chi connectivity index (χ0v) is 17.4. The average Bonchev–Trinajstić information content (AvgIpc) is 2.73. The monoisotopic (exact) mass is 392 g/mol. The maximum absolute atomic E-state index is 5.98. The van der Waals surface area contributed by atoms with E-state index in [1.54, 1.807) is 13.3 Å². The van der Waals surface area contributed by atoms with Gasteiger partial charge in [-0.2, -0.15) is 0 Å². The number of nitrogens with one attached hydrogen (secondary N) is 2. The van der Waals surface area contributed by atoms with Crippen LogP contribution in [0.2, 0.25) is 0 Å². The van der Waals surface area contributed by atoms with E-state index in [0.717, 1.165) is 37.6 Å². The van der Waals surface area contributed by atoms with Crippen molar-refractivity contribution in [3.05, 3.63) is 23.9 Å². The minimum atomic E-state index is 0.470. The maximum atomic E-state index is 5.98. The van der Waals surface area contributed by atoms with Crippen LogP contribution >= 0.6 is 0 Å². The lowest BCUT2D eigenvalue weighted by Crippen LogP contribution is -2.38. The Kier molecular flexibility index (Phi) is 11.4. The van der Waals surface area contributed by atoms with Crippen LogP contribution in [0, 0.1) is 0 Å². The smallest absolute Gasteiger partial charge is 0.218 e. The highest BCUT2D eigenvalue weighted by molar-refractivity contribution is 5.79. The van der Waals surface area contributed by atoms with Gasteiger partial charge in [-0.3, -0.25) is 0 Å². The summed E-state index contributed by atoms with van der Waals surface area (Å²) in [7, 11) is 1.65. The second-order valence-electron chi connectivity index (χ2n) is 6.92. The third-order valence-electron chi connectivity index (χ3n) is 4.65. The Hall–Kier alpha value is -1.86. The van der Waals surface area contributed by atoms with Crippen LogP contribution in [0.25, 0.3) is 0 Å². The quantitative estimate of drug-likeness (QED) is 0.324. The topological polar surface area (TPSA) is 77.0 Å². The summed E-state index contributed by atoms with van der Waals surface area (Å²) >= 11 is 0. The van der Waals surface area contributed by atoms with E-state index >= 15 is 0 Å². The van der Waals surface area contributed by atoms with Gasteiger partial charge >= 0.3 is 0 Å². The molecule has 1 aromatic heterocycles. The van der Waals surface area contributed by atoms with Crippen LogP contribution in [0.4, 0.5) is 0 Å². The summed E-state index contributed by atoms with van der Waals surface area (Å²) in [5.41, 5.74) is 0.955. The van der Waals surface area contributed by atoms with E-state index in [-0.39, 0.29) is 0 Å². The fourth-order valence-electron chi connectivity index (χ4n) is 3.16. The van der Waals surface area contributed by atoms with Crippen LogP contribution in [0.3, 0.4) is 0 Å². The molecule has 7 heteroatoms. The summed E-state index contributed by atoms with van der Waals surface area (Å²) in [6.45, 7) is 6.03. The molecule has 1 saturated carbocycles. The first-order chi connectivity index (χ1) is 13.8. The lowest BCUT2D eigenvalue weighted by molar-refractivity contribution is 0.0277. The Morgan fingerprint density at radius 2 is 2.04 bits per heavy atom. The van der Waals surface area contributed by atoms with Crippen LogP contribution in [-0.2, 0) is 16.0 Å². The summed E-state index contributed by atoms with van der Waals surface area (Å²) in [5.74, 6) is 1.41. The molecule has 1 aromatic rings. The Morgan fingerprint density at radius 3 is 2.82 bits per heavy atom. The molecule has 0 spiro atoms. The Labute approximate surface area is 169 Å². The minimum Gasteiger partial charge on any atom is -0.475 e. The van der Waals surface area contributed by atoms with E-state index in [4.69, 9.17) is 14.2 Å². The second-order valence-corrected chi connectivity index (χ2v) is 6.92. The molecular formula is C21H36N4O3. The molecule has 0 radical (unpaired) electrons. The van der Waals surface area contributed by atoms with Crippen molar-refractivity contribution in [3.63, 3.8) is 0 Å². The predicted molar refractivity (Wildman–Crippen MR) is 112 cm³/mol. The molecule has 1 aliphatic carbocycles. The zero-order valence-electron chi connectivity index (χ0n) is 17.4. The molecule has 0 aliphatic heterocycles. The van der Waals surface area contributed by atoms with Gasteiger partial charge in [0, 0.05) is 38.6 Å². The molecule has 28 heavy (non-hydrogen) atoms. The third-order valence-corrected chi connectivity index (χ3v) is 4.65. The molecule has 0 atom stereocenters. The lowest BCUT2D eigenvalue weighted by atomic mass is 9.98. The number of hydrogen-bond acceptors (Lipinski definition) is 5. The van der Waals surface area contributed by atoms with E-state index in [2.05, 4.69) is 27.5 Å². The van der Waals surface area contributed by atoms with E-state index in [9.17, 15) is 0 Å². The molecule has 2 N–H and O–H groups in total. The number of methoxy groups -OCH3 is 1. The summed E-state index contributed by atoms with van der Waals surface area (Å²) in [5, 5.41) is 6.66. The highest BCUT2D eigenvalue weighted by atomic mass is 16.5. The number of aliphatic imine (C=N–C) groups is 1. The van der Waals surface area contributed by atoms with E-state index in [1.807, 2.05) is 12.1 Å². The Morgan fingerprint density at radius 1 is 1.18 bits per heavy atom. The van der Waals surface area contributed by atoms with Gasteiger partial charge in [-0.15, -0.1) is 0 Å². The number of pyridine rings is 1. The standard InChI is InChI=1S/C21H36N4O3/c1-3-22-21(24-13-8-14-27-19-10-5-4-6-11-19)25-17-18-9-7-12-23-20(18)28-16-15-26-2/h7,9,12,19H,3-6,8,10-11,13-17H2,1-2H3,(H2,22,24,25). The number of guanidine groups is 1. The average molecular weight is 393 g/mol. The van der Waals surface area contributed by atoms with Gasteiger partial charge in [0.1, 0.15) is 6.61 Å². The SMILES string of the molecule is CCNC(=NCc1cccnc1OCCOC)NCCCOC1CCCCC1. The van der Waals surface area contributed by atoms with E-state index < -0.39 is 0 Å². The lowest BCUT2D eigenvalue weighted by Gasteiger charge is -2.22. The van der Waals surface area contributed by atoms with Gasteiger partial charge in [0.2, 0.25) is 5.88 Å². The first kappa shape index (κ1) is 22.4. The van der Waals surface area contributed by atoms with Gasteiger partial charge in [0.15, 0.2) is 5.96 Å². The van der Waals surface area contributed by atoms with Crippen LogP contribution in [0.15, 0.2) is 23.3 Å². The Bertz CT molecular complexity index is 562. The number of ether oxygens (including phenoxy) is 3. The molecule has 0 saturated heterocycles. The molecule has 2 rings (SSSR count).